The molecule has 5 nitrogen and oxygen atoms in total. The molecule has 1 aliphatic rings. The summed E-state index contributed by atoms with van der Waals surface area (Å²) < 4.78 is 1.99. The van der Waals surface area contributed by atoms with E-state index in [0.717, 1.165) is 53.0 Å². The minimum Gasteiger partial charge on any atom is -0.399 e. The molecule has 0 radical (unpaired) electrons. The Morgan fingerprint density at radius 3 is 2.67 bits per heavy atom. The highest BCUT2D eigenvalue weighted by molar-refractivity contribution is 8.01. The minimum atomic E-state index is 0.193. The van der Waals surface area contributed by atoms with E-state index in [1.807, 2.05) is 29.2 Å². The van der Waals surface area contributed by atoms with Crippen LogP contribution in [0.5, 0.6) is 0 Å². The first-order valence-electron chi connectivity index (χ1n) is 9.00. The van der Waals surface area contributed by atoms with E-state index in [4.69, 9.17) is 5.73 Å². The Morgan fingerprint density at radius 1 is 1.11 bits per heavy atom. The summed E-state index contributed by atoms with van der Waals surface area (Å²) >= 11 is 3.11. The van der Waals surface area contributed by atoms with Crippen LogP contribution in [0.1, 0.15) is 5.56 Å². The molecule has 1 aliphatic heterocycles. The topological polar surface area (TPSA) is 62.5 Å². The van der Waals surface area contributed by atoms with E-state index in [9.17, 15) is 4.79 Å². The fourth-order valence-electron chi connectivity index (χ4n) is 3.19. The summed E-state index contributed by atoms with van der Waals surface area (Å²) in [5, 5.41) is 0. The maximum absolute atomic E-state index is 12.5. The van der Waals surface area contributed by atoms with Crippen LogP contribution in [0.3, 0.4) is 0 Å². The molecule has 0 unspecified atom stereocenters. The number of hydrogen-bond acceptors (Lipinski definition) is 6. The average Bonchev–Trinajstić information content (AvgIpc) is 3.09. The first-order valence-corrected chi connectivity index (χ1v) is 10.8. The second-order valence-corrected chi connectivity index (χ2v) is 8.89. The van der Waals surface area contributed by atoms with E-state index in [-0.39, 0.29) is 5.91 Å². The van der Waals surface area contributed by atoms with Crippen molar-refractivity contribution in [3.8, 4) is 0 Å². The van der Waals surface area contributed by atoms with E-state index in [1.165, 1.54) is 17.3 Å². The van der Waals surface area contributed by atoms with Crippen molar-refractivity contribution in [2.24, 2.45) is 0 Å². The molecule has 1 amide bonds. The van der Waals surface area contributed by atoms with Gasteiger partial charge in [-0.25, -0.2) is 4.98 Å². The molecule has 1 aromatic heterocycles. The van der Waals surface area contributed by atoms with E-state index in [0.29, 0.717) is 5.75 Å². The zero-order valence-electron chi connectivity index (χ0n) is 15.0. The molecule has 2 aromatic carbocycles. The summed E-state index contributed by atoms with van der Waals surface area (Å²) in [5.74, 6) is 0.631. The molecule has 3 aromatic rings. The molecular weight excluding hydrogens is 376 g/mol. The monoisotopic (exact) mass is 398 g/mol. The van der Waals surface area contributed by atoms with Crippen molar-refractivity contribution in [2.45, 2.75) is 10.9 Å². The van der Waals surface area contributed by atoms with Crippen LogP contribution in [0.15, 0.2) is 52.9 Å². The van der Waals surface area contributed by atoms with Gasteiger partial charge in [-0.05, 0) is 23.8 Å². The van der Waals surface area contributed by atoms with Gasteiger partial charge < -0.3 is 10.6 Å². The van der Waals surface area contributed by atoms with Gasteiger partial charge >= 0.3 is 0 Å². The Bertz CT molecular complexity index is 920. The predicted molar refractivity (Wildman–Crippen MR) is 113 cm³/mol. The molecule has 0 saturated carbocycles. The standard InChI is InChI=1S/C20H22N4OS2/c21-16-6-7-17-18(12-16)27-20(22-17)26-14-19(25)24-10-8-23(9-11-24)13-15-4-2-1-3-5-15/h1-7,12H,8-11,13-14,21H2. The molecule has 2 N–H and O–H groups in total. The number of anilines is 1. The van der Waals surface area contributed by atoms with Gasteiger partial charge in [-0.1, -0.05) is 42.1 Å². The first kappa shape index (κ1) is 18.3. The minimum absolute atomic E-state index is 0.193. The molecule has 1 fully saturated rings. The lowest BCUT2D eigenvalue weighted by Crippen LogP contribution is -2.48. The molecule has 140 valence electrons. The Morgan fingerprint density at radius 2 is 1.89 bits per heavy atom. The first-order chi connectivity index (χ1) is 13.2. The van der Waals surface area contributed by atoms with Gasteiger partial charge in [0.2, 0.25) is 5.91 Å². The van der Waals surface area contributed by atoms with Crippen LogP contribution in [-0.4, -0.2) is 52.6 Å². The lowest BCUT2D eigenvalue weighted by atomic mass is 10.2. The fraction of sp³-hybridized carbons (Fsp3) is 0.300. The summed E-state index contributed by atoms with van der Waals surface area (Å²) in [4.78, 5) is 21.5. The number of hydrogen-bond donors (Lipinski definition) is 1. The van der Waals surface area contributed by atoms with Gasteiger partial charge in [0.15, 0.2) is 4.34 Å². The lowest BCUT2D eigenvalue weighted by Gasteiger charge is -2.34. The van der Waals surface area contributed by atoms with Crippen LogP contribution >= 0.6 is 23.1 Å². The molecule has 0 atom stereocenters. The molecule has 0 bridgehead atoms. The van der Waals surface area contributed by atoms with Crippen LogP contribution in [0.4, 0.5) is 5.69 Å². The number of nitrogen functional groups attached to an aromatic ring is 1. The van der Waals surface area contributed by atoms with Crippen molar-refractivity contribution >= 4 is 44.9 Å². The van der Waals surface area contributed by atoms with Gasteiger partial charge in [0.25, 0.3) is 0 Å². The number of carbonyl (C=O) groups is 1. The average molecular weight is 399 g/mol. The number of carbonyl (C=O) groups excluding carboxylic acids is 1. The summed E-state index contributed by atoms with van der Waals surface area (Å²) in [5.41, 5.74) is 8.83. The van der Waals surface area contributed by atoms with Crippen molar-refractivity contribution in [3.63, 3.8) is 0 Å². The van der Waals surface area contributed by atoms with Crippen molar-refractivity contribution in [3.05, 3.63) is 54.1 Å². The van der Waals surface area contributed by atoms with Crippen molar-refractivity contribution in [1.82, 2.24) is 14.8 Å². The second-order valence-electron chi connectivity index (χ2n) is 6.64. The maximum Gasteiger partial charge on any atom is 0.233 e. The van der Waals surface area contributed by atoms with E-state index >= 15 is 0 Å². The van der Waals surface area contributed by atoms with Gasteiger partial charge in [0.1, 0.15) is 0 Å². The third-order valence-electron chi connectivity index (χ3n) is 4.69. The molecule has 4 rings (SSSR count). The highest BCUT2D eigenvalue weighted by Crippen LogP contribution is 2.30. The molecular formula is C20H22N4OS2. The third kappa shape index (κ3) is 4.61. The number of thioether (sulfide) groups is 1. The molecule has 0 spiro atoms. The van der Waals surface area contributed by atoms with Crippen molar-refractivity contribution in [1.29, 1.82) is 0 Å². The number of amides is 1. The maximum atomic E-state index is 12.5. The quantitative estimate of drug-likeness (QED) is 0.528. The number of nitrogens with two attached hydrogens (primary N) is 1. The zero-order valence-corrected chi connectivity index (χ0v) is 16.6. The number of rotatable bonds is 5. The van der Waals surface area contributed by atoms with Crippen LogP contribution in [0, 0.1) is 0 Å². The summed E-state index contributed by atoms with van der Waals surface area (Å²) in [6, 6.07) is 16.2. The second kappa shape index (κ2) is 8.29. The Hall–Kier alpha value is -2.09. The summed E-state index contributed by atoms with van der Waals surface area (Å²) in [7, 11) is 0. The Kier molecular flexibility index (Phi) is 5.61. The highest BCUT2D eigenvalue weighted by atomic mass is 32.2. The number of nitrogens with zero attached hydrogens (tertiary/aromatic N) is 3. The smallest absolute Gasteiger partial charge is 0.233 e. The SMILES string of the molecule is Nc1ccc2nc(SCC(=O)N3CCN(Cc4ccccc4)CC3)sc2c1. The number of piperazine rings is 1. The van der Waals surface area contributed by atoms with E-state index in [1.54, 1.807) is 11.3 Å². The highest BCUT2D eigenvalue weighted by Gasteiger charge is 2.21. The number of thiazole rings is 1. The molecule has 1 saturated heterocycles. The normalized spacial score (nSPS) is 15.3. The zero-order chi connectivity index (χ0) is 18.6. The van der Waals surface area contributed by atoms with E-state index in [2.05, 4.69) is 34.1 Å². The van der Waals surface area contributed by atoms with Crippen LogP contribution in [0.2, 0.25) is 0 Å². The summed E-state index contributed by atoms with van der Waals surface area (Å²) in [6.45, 7) is 4.38. The van der Waals surface area contributed by atoms with Gasteiger partial charge in [-0.2, -0.15) is 0 Å². The largest absolute Gasteiger partial charge is 0.399 e. The Labute approximate surface area is 167 Å². The molecule has 2 heterocycles. The van der Waals surface area contributed by atoms with Crippen molar-refractivity contribution < 1.29 is 4.79 Å². The number of fused-ring (bicyclic) bond motifs is 1. The number of benzene rings is 2. The fourth-order valence-corrected chi connectivity index (χ4v) is 5.21. The molecule has 7 heteroatoms. The number of aromatic nitrogens is 1. The Balaban J connectivity index is 1.26. The van der Waals surface area contributed by atoms with E-state index < -0.39 is 0 Å². The van der Waals surface area contributed by atoms with Gasteiger partial charge in [0.05, 0.1) is 16.0 Å². The van der Waals surface area contributed by atoms with Gasteiger partial charge in [0, 0.05) is 38.4 Å². The van der Waals surface area contributed by atoms with Crippen molar-refractivity contribution in [2.75, 3.05) is 37.7 Å². The van der Waals surface area contributed by atoms with Gasteiger partial charge in [-0.15, -0.1) is 11.3 Å². The van der Waals surface area contributed by atoms with Crippen LogP contribution < -0.4 is 5.73 Å². The summed E-state index contributed by atoms with van der Waals surface area (Å²) in [6.07, 6.45) is 0. The predicted octanol–water partition coefficient (Wildman–Crippen LogP) is 3.32. The van der Waals surface area contributed by atoms with Crippen LogP contribution in [-0.2, 0) is 11.3 Å². The molecule has 0 aliphatic carbocycles. The molecule has 27 heavy (non-hydrogen) atoms. The lowest BCUT2D eigenvalue weighted by molar-refractivity contribution is -0.130. The van der Waals surface area contributed by atoms with Crippen LogP contribution in [0.25, 0.3) is 10.2 Å². The van der Waals surface area contributed by atoms with Gasteiger partial charge in [-0.3, -0.25) is 9.69 Å². The third-order valence-corrected chi connectivity index (χ3v) is 6.83.